The molecule has 0 aromatic carbocycles. The van der Waals surface area contributed by atoms with Gasteiger partial charge in [-0.25, -0.2) is 0 Å². The van der Waals surface area contributed by atoms with Crippen LogP contribution in [0.25, 0.3) is 0 Å². The molecule has 0 aliphatic heterocycles. The summed E-state index contributed by atoms with van der Waals surface area (Å²) in [7, 11) is 1.57. The maximum absolute atomic E-state index is 12.3. The lowest BCUT2D eigenvalue weighted by atomic mass is 10.2. The van der Waals surface area contributed by atoms with Crippen molar-refractivity contribution in [2.75, 3.05) is 11.9 Å². The summed E-state index contributed by atoms with van der Waals surface area (Å²) in [5.41, 5.74) is 1.58. The third-order valence-corrected chi connectivity index (χ3v) is 3.16. The van der Waals surface area contributed by atoms with Gasteiger partial charge in [0.15, 0.2) is 5.69 Å². The molecule has 118 valence electrons. The summed E-state index contributed by atoms with van der Waals surface area (Å²) in [6, 6.07) is 3.17. The average molecular weight is 312 g/mol. The first-order valence-corrected chi connectivity index (χ1v) is 6.57. The molecule has 2 aromatic rings. The molecule has 0 atom stereocenters. The number of alkyl halides is 3. The number of aromatic nitrogens is 3. The summed E-state index contributed by atoms with van der Waals surface area (Å²) >= 11 is 0. The largest absolute Gasteiger partial charge is 0.390 e. The Morgan fingerprint density at radius 1 is 1.36 bits per heavy atom. The number of pyridine rings is 1. The highest BCUT2D eigenvalue weighted by Crippen LogP contribution is 2.21. The van der Waals surface area contributed by atoms with E-state index in [1.165, 1.54) is 17.2 Å². The Hall–Kier alpha value is -2.38. The normalized spacial score (nSPS) is 11.5. The second kappa shape index (κ2) is 6.17. The summed E-state index contributed by atoms with van der Waals surface area (Å²) in [4.78, 5) is 17.6. The zero-order chi connectivity index (χ0) is 16.3. The fraction of sp³-hybridized carbons (Fsp3) is 0.357. The minimum atomic E-state index is -4.25. The number of rotatable bonds is 4. The van der Waals surface area contributed by atoms with E-state index >= 15 is 0 Å². The van der Waals surface area contributed by atoms with Crippen LogP contribution in [-0.4, -0.2) is 33.9 Å². The Kier molecular flexibility index (Phi) is 4.48. The molecule has 2 rings (SSSR count). The van der Waals surface area contributed by atoms with Crippen LogP contribution in [0, 0.1) is 6.92 Å². The Bertz CT molecular complexity index is 666. The number of nitrogens with zero attached hydrogens (tertiary/aromatic N) is 4. The van der Waals surface area contributed by atoms with Crippen LogP contribution >= 0.6 is 0 Å². The summed E-state index contributed by atoms with van der Waals surface area (Å²) in [5.74, 6) is -0.401. The van der Waals surface area contributed by atoms with Gasteiger partial charge in [0, 0.05) is 26.0 Å². The zero-order valence-corrected chi connectivity index (χ0v) is 12.1. The maximum Gasteiger partial charge on any atom is 0.390 e. The minimum absolute atomic E-state index is 0.0907. The van der Waals surface area contributed by atoms with Gasteiger partial charge in [0.2, 0.25) is 0 Å². The molecular weight excluding hydrogens is 297 g/mol. The van der Waals surface area contributed by atoms with E-state index in [-0.39, 0.29) is 12.2 Å². The van der Waals surface area contributed by atoms with E-state index in [4.69, 9.17) is 0 Å². The van der Waals surface area contributed by atoms with E-state index in [9.17, 15) is 18.0 Å². The van der Waals surface area contributed by atoms with E-state index in [1.807, 2.05) is 6.92 Å². The lowest BCUT2D eigenvalue weighted by molar-refractivity contribution is -0.137. The van der Waals surface area contributed by atoms with Gasteiger partial charge in [-0.1, -0.05) is 0 Å². The molecule has 0 N–H and O–H groups in total. The van der Waals surface area contributed by atoms with Gasteiger partial charge in [0.05, 0.1) is 18.3 Å². The third kappa shape index (κ3) is 3.84. The highest BCUT2D eigenvalue weighted by molar-refractivity contribution is 6.04. The van der Waals surface area contributed by atoms with Crippen molar-refractivity contribution in [2.24, 2.45) is 0 Å². The summed E-state index contributed by atoms with van der Waals surface area (Å²) < 4.78 is 37.6. The lowest BCUT2D eigenvalue weighted by Crippen LogP contribution is -2.27. The highest BCUT2D eigenvalue weighted by atomic mass is 19.4. The zero-order valence-electron chi connectivity index (χ0n) is 12.1. The van der Waals surface area contributed by atoms with Crippen molar-refractivity contribution in [2.45, 2.75) is 26.1 Å². The van der Waals surface area contributed by atoms with E-state index in [1.54, 1.807) is 25.5 Å². The standard InChI is InChI=1S/C14H15F3N4O/c1-10-3-6-18-9-12(10)20(2)13(22)11-4-7-21(19-11)8-5-14(15,16)17/h3-4,6-7,9H,5,8H2,1-2H3. The van der Waals surface area contributed by atoms with Gasteiger partial charge >= 0.3 is 6.18 Å². The van der Waals surface area contributed by atoms with Gasteiger partial charge in [-0.3, -0.25) is 14.5 Å². The van der Waals surface area contributed by atoms with Crippen molar-refractivity contribution in [3.05, 3.63) is 42.0 Å². The SMILES string of the molecule is Cc1ccncc1N(C)C(=O)c1ccn(CCC(F)(F)F)n1. The molecule has 1 amide bonds. The maximum atomic E-state index is 12.3. The summed E-state index contributed by atoms with van der Waals surface area (Å²) in [6.07, 6.45) is -0.709. The predicted molar refractivity (Wildman–Crippen MR) is 74.6 cm³/mol. The Balaban J connectivity index is 2.10. The number of hydrogen-bond acceptors (Lipinski definition) is 3. The number of carbonyl (C=O) groups is 1. The molecule has 2 aromatic heterocycles. The summed E-state index contributed by atoms with van der Waals surface area (Å²) in [6.45, 7) is 1.52. The molecule has 0 radical (unpaired) electrons. The predicted octanol–water partition coefficient (Wildman–Crippen LogP) is 2.82. The average Bonchev–Trinajstić information content (AvgIpc) is 2.92. The van der Waals surface area contributed by atoms with Crippen LogP contribution in [0.1, 0.15) is 22.5 Å². The number of hydrogen-bond donors (Lipinski definition) is 0. The molecule has 0 bridgehead atoms. The van der Waals surface area contributed by atoms with Crippen LogP contribution in [0.5, 0.6) is 0 Å². The molecule has 0 saturated carbocycles. The molecule has 2 heterocycles. The molecule has 0 saturated heterocycles. The molecule has 8 heteroatoms. The van der Waals surface area contributed by atoms with Crippen molar-refractivity contribution >= 4 is 11.6 Å². The van der Waals surface area contributed by atoms with Crippen molar-refractivity contribution in [3.8, 4) is 0 Å². The fourth-order valence-corrected chi connectivity index (χ4v) is 1.93. The minimum Gasteiger partial charge on any atom is -0.308 e. The Morgan fingerprint density at radius 3 is 2.73 bits per heavy atom. The van der Waals surface area contributed by atoms with Crippen LogP contribution in [-0.2, 0) is 6.54 Å². The number of halogens is 3. The molecule has 5 nitrogen and oxygen atoms in total. The first-order valence-electron chi connectivity index (χ1n) is 6.57. The molecule has 22 heavy (non-hydrogen) atoms. The smallest absolute Gasteiger partial charge is 0.308 e. The van der Waals surface area contributed by atoms with E-state index in [0.29, 0.717) is 5.69 Å². The topological polar surface area (TPSA) is 51.0 Å². The van der Waals surface area contributed by atoms with Crippen molar-refractivity contribution in [3.63, 3.8) is 0 Å². The summed E-state index contributed by atoms with van der Waals surface area (Å²) in [5, 5.41) is 3.89. The number of carbonyl (C=O) groups excluding carboxylic acids is 1. The van der Waals surface area contributed by atoms with E-state index in [2.05, 4.69) is 10.1 Å². The Morgan fingerprint density at radius 2 is 2.09 bits per heavy atom. The van der Waals surface area contributed by atoms with Crippen LogP contribution < -0.4 is 4.90 Å². The second-order valence-corrected chi connectivity index (χ2v) is 4.86. The van der Waals surface area contributed by atoms with Crippen LogP contribution in [0.2, 0.25) is 0 Å². The molecule has 0 aliphatic rings. The first kappa shape index (κ1) is 16.0. The Labute approximate surface area is 125 Å². The molecular formula is C14H15F3N4O. The quantitative estimate of drug-likeness (QED) is 0.872. The van der Waals surface area contributed by atoms with Crippen molar-refractivity contribution < 1.29 is 18.0 Å². The van der Waals surface area contributed by atoms with Gasteiger partial charge in [0.1, 0.15) is 0 Å². The first-order chi connectivity index (χ1) is 10.3. The van der Waals surface area contributed by atoms with Gasteiger partial charge < -0.3 is 4.90 Å². The fourth-order valence-electron chi connectivity index (χ4n) is 1.93. The molecule has 0 unspecified atom stereocenters. The molecule has 0 spiro atoms. The number of aryl methyl sites for hydroxylation is 2. The lowest BCUT2D eigenvalue weighted by Gasteiger charge is -2.17. The molecule has 0 aliphatic carbocycles. The number of anilines is 1. The number of amides is 1. The van der Waals surface area contributed by atoms with Crippen molar-refractivity contribution in [1.29, 1.82) is 0 Å². The second-order valence-electron chi connectivity index (χ2n) is 4.86. The molecule has 0 fully saturated rings. The third-order valence-electron chi connectivity index (χ3n) is 3.16. The van der Waals surface area contributed by atoms with Gasteiger partial charge in [-0.05, 0) is 24.6 Å². The van der Waals surface area contributed by atoms with Crippen LogP contribution in [0.15, 0.2) is 30.7 Å². The van der Waals surface area contributed by atoms with E-state index in [0.717, 1.165) is 10.2 Å². The van der Waals surface area contributed by atoms with Crippen molar-refractivity contribution in [1.82, 2.24) is 14.8 Å². The van der Waals surface area contributed by atoms with Gasteiger partial charge in [-0.2, -0.15) is 18.3 Å². The van der Waals surface area contributed by atoms with Crippen LogP contribution in [0.4, 0.5) is 18.9 Å². The highest BCUT2D eigenvalue weighted by Gasteiger charge is 2.27. The van der Waals surface area contributed by atoms with Crippen LogP contribution in [0.3, 0.4) is 0 Å². The van der Waals surface area contributed by atoms with Gasteiger partial charge in [0.25, 0.3) is 5.91 Å². The van der Waals surface area contributed by atoms with Gasteiger partial charge in [-0.15, -0.1) is 0 Å². The van der Waals surface area contributed by atoms with E-state index < -0.39 is 18.5 Å². The monoisotopic (exact) mass is 312 g/mol.